The van der Waals surface area contributed by atoms with Gasteiger partial charge in [-0.25, -0.2) is 4.39 Å². The molecule has 0 spiro atoms. The van der Waals surface area contributed by atoms with Gasteiger partial charge in [0.15, 0.2) is 0 Å². The molecular weight excluding hydrogens is 251 g/mol. The molecule has 2 aromatic rings. The summed E-state index contributed by atoms with van der Waals surface area (Å²) in [6.45, 7) is 0.709. The second kappa shape index (κ2) is 4.24. The number of nitrogens with two attached hydrogens (primary N) is 1. The SMILES string of the molecule is Nc1c(C(=O)NCC2CC2)sc2ccc(F)cc12. The van der Waals surface area contributed by atoms with Crippen molar-refractivity contribution < 1.29 is 9.18 Å². The predicted molar refractivity (Wildman–Crippen MR) is 71.3 cm³/mol. The van der Waals surface area contributed by atoms with E-state index >= 15 is 0 Å². The molecule has 1 amide bonds. The molecule has 1 fully saturated rings. The molecule has 0 atom stereocenters. The molecule has 3 N–H and O–H groups in total. The van der Waals surface area contributed by atoms with Crippen molar-refractivity contribution in [2.75, 3.05) is 12.3 Å². The minimum atomic E-state index is -0.336. The minimum Gasteiger partial charge on any atom is -0.397 e. The van der Waals surface area contributed by atoms with E-state index in [0.29, 0.717) is 28.4 Å². The molecule has 0 aliphatic heterocycles. The summed E-state index contributed by atoms with van der Waals surface area (Å²) in [5, 5.41) is 3.50. The van der Waals surface area contributed by atoms with Gasteiger partial charge in [0.25, 0.3) is 5.91 Å². The van der Waals surface area contributed by atoms with E-state index in [9.17, 15) is 9.18 Å². The van der Waals surface area contributed by atoms with Crippen molar-refractivity contribution >= 4 is 33.0 Å². The first-order valence-electron chi connectivity index (χ1n) is 5.91. The Morgan fingerprint density at radius 2 is 2.28 bits per heavy atom. The van der Waals surface area contributed by atoms with Gasteiger partial charge in [0.05, 0.1) is 5.69 Å². The third-order valence-corrected chi connectivity index (χ3v) is 4.33. The maximum Gasteiger partial charge on any atom is 0.263 e. The van der Waals surface area contributed by atoms with Crippen LogP contribution in [0.4, 0.5) is 10.1 Å². The quantitative estimate of drug-likeness (QED) is 0.895. The molecule has 1 heterocycles. The fourth-order valence-corrected chi connectivity index (χ4v) is 2.92. The van der Waals surface area contributed by atoms with Crippen molar-refractivity contribution in [2.24, 2.45) is 5.92 Å². The lowest BCUT2D eigenvalue weighted by molar-refractivity contribution is 0.0956. The van der Waals surface area contributed by atoms with Gasteiger partial charge in [-0.2, -0.15) is 0 Å². The number of carbonyl (C=O) groups excluding carboxylic acids is 1. The summed E-state index contributed by atoms with van der Waals surface area (Å²) in [5.74, 6) is 0.139. The van der Waals surface area contributed by atoms with Gasteiger partial charge in [0, 0.05) is 16.6 Å². The zero-order chi connectivity index (χ0) is 12.7. The smallest absolute Gasteiger partial charge is 0.263 e. The van der Waals surface area contributed by atoms with Crippen LogP contribution in [0.3, 0.4) is 0 Å². The molecule has 1 aliphatic carbocycles. The Labute approximate surface area is 108 Å². The highest BCUT2D eigenvalue weighted by molar-refractivity contribution is 7.21. The highest BCUT2D eigenvalue weighted by atomic mass is 32.1. The Kier molecular flexibility index (Phi) is 2.70. The van der Waals surface area contributed by atoms with Gasteiger partial charge in [-0.1, -0.05) is 0 Å². The molecule has 0 unspecified atom stereocenters. The molecule has 3 nitrogen and oxygen atoms in total. The van der Waals surface area contributed by atoms with Crippen molar-refractivity contribution in [3.8, 4) is 0 Å². The number of carbonyl (C=O) groups is 1. The molecule has 1 aliphatic rings. The normalized spacial score (nSPS) is 14.9. The van der Waals surface area contributed by atoms with Gasteiger partial charge >= 0.3 is 0 Å². The van der Waals surface area contributed by atoms with Crippen LogP contribution in [0.5, 0.6) is 0 Å². The van der Waals surface area contributed by atoms with E-state index in [1.54, 1.807) is 6.07 Å². The van der Waals surface area contributed by atoms with Crippen LogP contribution in [0.15, 0.2) is 18.2 Å². The monoisotopic (exact) mass is 264 g/mol. The lowest BCUT2D eigenvalue weighted by Gasteiger charge is -2.02. The molecule has 18 heavy (non-hydrogen) atoms. The van der Waals surface area contributed by atoms with Crippen LogP contribution in [0, 0.1) is 11.7 Å². The number of nitrogens with one attached hydrogen (secondary N) is 1. The van der Waals surface area contributed by atoms with Crippen LogP contribution in [0.2, 0.25) is 0 Å². The van der Waals surface area contributed by atoms with E-state index in [1.165, 1.54) is 36.3 Å². The van der Waals surface area contributed by atoms with Crippen LogP contribution in [-0.4, -0.2) is 12.5 Å². The Bertz CT molecular complexity index is 619. The number of thiophene rings is 1. The van der Waals surface area contributed by atoms with E-state index in [0.717, 1.165) is 4.70 Å². The molecular formula is C13H13FN2OS. The van der Waals surface area contributed by atoms with Crippen molar-refractivity contribution in [1.29, 1.82) is 0 Å². The average molecular weight is 264 g/mol. The van der Waals surface area contributed by atoms with Gasteiger partial charge in [0.1, 0.15) is 10.7 Å². The summed E-state index contributed by atoms with van der Waals surface area (Å²) in [6, 6.07) is 4.41. The van der Waals surface area contributed by atoms with Crippen LogP contribution in [0.25, 0.3) is 10.1 Å². The summed E-state index contributed by atoms with van der Waals surface area (Å²) in [7, 11) is 0. The Morgan fingerprint density at radius 1 is 1.50 bits per heavy atom. The van der Waals surface area contributed by atoms with Crippen molar-refractivity contribution in [3.05, 3.63) is 28.9 Å². The first kappa shape index (κ1) is 11.5. The number of halogens is 1. The lowest BCUT2D eigenvalue weighted by atomic mass is 10.2. The standard InChI is InChI=1S/C13H13FN2OS/c14-8-3-4-10-9(5-8)11(15)12(18-10)13(17)16-6-7-1-2-7/h3-5,7H,1-2,6,15H2,(H,16,17). The van der Waals surface area contributed by atoms with E-state index < -0.39 is 0 Å². The minimum absolute atomic E-state index is 0.152. The molecule has 1 aromatic carbocycles. The molecule has 1 aromatic heterocycles. The molecule has 94 valence electrons. The van der Waals surface area contributed by atoms with Crippen LogP contribution in [-0.2, 0) is 0 Å². The summed E-state index contributed by atoms with van der Waals surface area (Å²) in [4.78, 5) is 12.5. The third kappa shape index (κ3) is 2.06. The highest BCUT2D eigenvalue weighted by Gasteiger charge is 2.23. The fraction of sp³-hybridized carbons (Fsp3) is 0.308. The highest BCUT2D eigenvalue weighted by Crippen LogP contribution is 2.34. The number of hydrogen-bond donors (Lipinski definition) is 2. The number of nitrogen functional groups attached to an aromatic ring is 1. The zero-order valence-corrected chi connectivity index (χ0v) is 10.5. The van der Waals surface area contributed by atoms with Gasteiger partial charge in [-0.05, 0) is 37.0 Å². The van der Waals surface area contributed by atoms with Gasteiger partial charge in [-0.3, -0.25) is 4.79 Å². The zero-order valence-electron chi connectivity index (χ0n) is 9.70. The largest absolute Gasteiger partial charge is 0.397 e. The average Bonchev–Trinajstić information content (AvgIpc) is 3.12. The first-order valence-corrected chi connectivity index (χ1v) is 6.72. The summed E-state index contributed by atoms with van der Waals surface area (Å²) < 4.78 is 14.0. The molecule has 0 bridgehead atoms. The van der Waals surface area contributed by atoms with Gasteiger partial charge < -0.3 is 11.1 Å². The molecule has 0 radical (unpaired) electrons. The van der Waals surface area contributed by atoms with Gasteiger partial charge in [0.2, 0.25) is 0 Å². The van der Waals surface area contributed by atoms with Crippen molar-refractivity contribution in [2.45, 2.75) is 12.8 Å². The van der Waals surface area contributed by atoms with E-state index in [-0.39, 0.29) is 11.7 Å². The fourth-order valence-electron chi connectivity index (χ4n) is 1.90. The van der Waals surface area contributed by atoms with E-state index in [4.69, 9.17) is 5.73 Å². The van der Waals surface area contributed by atoms with Crippen molar-refractivity contribution in [1.82, 2.24) is 5.32 Å². The van der Waals surface area contributed by atoms with E-state index in [1.807, 2.05) is 0 Å². The number of fused-ring (bicyclic) bond motifs is 1. The summed E-state index contributed by atoms with van der Waals surface area (Å²) >= 11 is 1.31. The van der Waals surface area contributed by atoms with Gasteiger partial charge in [-0.15, -0.1) is 11.3 Å². The Hall–Kier alpha value is -1.62. The Balaban J connectivity index is 1.90. The Morgan fingerprint density at radius 3 is 3.00 bits per heavy atom. The first-order chi connectivity index (χ1) is 8.65. The molecule has 5 heteroatoms. The number of amides is 1. The number of anilines is 1. The molecule has 0 saturated heterocycles. The van der Waals surface area contributed by atoms with Crippen LogP contribution >= 0.6 is 11.3 Å². The maximum absolute atomic E-state index is 13.1. The van der Waals surface area contributed by atoms with E-state index in [2.05, 4.69) is 5.32 Å². The second-order valence-corrected chi connectivity index (χ2v) is 5.69. The maximum atomic E-state index is 13.1. The molecule has 1 saturated carbocycles. The van der Waals surface area contributed by atoms with Crippen molar-refractivity contribution in [3.63, 3.8) is 0 Å². The third-order valence-electron chi connectivity index (χ3n) is 3.14. The second-order valence-electron chi connectivity index (χ2n) is 4.64. The number of rotatable bonds is 3. The predicted octanol–water partition coefficient (Wildman–Crippen LogP) is 2.76. The summed E-state index contributed by atoms with van der Waals surface area (Å²) in [6.07, 6.45) is 2.38. The number of benzene rings is 1. The summed E-state index contributed by atoms with van der Waals surface area (Å²) in [5.41, 5.74) is 6.29. The lowest BCUT2D eigenvalue weighted by Crippen LogP contribution is -2.25. The molecule has 3 rings (SSSR count). The van der Waals surface area contributed by atoms with Crippen LogP contribution in [0.1, 0.15) is 22.5 Å². The van der Waals surface area contributed by atoms with Crippen LogP contribution < -0.4 is 11.1 Å². The topological polar surface area (TPSA) is 55.1 Å². The number of hydrogen-bond acceptors (Lipinski definition) is 3.